The van der Waals surface area contributed by atoms with E-state index in [1.54, 1.807) is 0 Å². The summed E-state index contributed by atoms with van der Waals surface area (Å²) in [5.74, 6) is -0.421. The number of amides is 1. The van der Waals surface area contributed by atoms with E-state index in [9.17, 15) is 4.79 Å². The fourth-order valence-electron chi connectivity index (χ4n) is 3.18. The van der Waals surface area contributed by atoms with Crippen molar-refractivity contribution in [3.63, 3.8) is 0 Å². The van der Waals surface area contributed by atoms with Gasteiger partial charge in [-0.15, -0.1) is 0 Å². The van der Waals surface area contributed by atoms with Gasteiger partial charge >= 0.3 is 0 Å². The number of primary amides is 1. The van der Waals surface area contributed by atoms with Crippen molar-refractivity contribution >= 4 is 16.8 Å². The monoisotopic (exact) mass is 326 g/mol. The predicted molar refractivity (Wildman–Crippen MR) is 102 cm³/mol. The van der Waals surface area contributed by atoms with Crippen LogP contribution in [0.2, 0.25) is 0 Å². The number of carbonyl (C=O) groups excluding carboxylic acids is 1. The second kappa shape index (κ2) is 6.29. The fraction of sp³-hybridized carbons (Fsp3) is 0.0455. The molecule has 0 aliphatic heterocycles. The minimum Gasteiger partial charge on any atom is -0.366 e. The number of hydrogen-bond donors (Lipinski definition) is 2. The Labute approximate surface area is 146 Å². The molecule has 0 unspecified atom stereocenters. The van der Waals surface area contributed by atoms with Gasteiger partial charge in [0.15, 0.2) is 0 Å². The summed E-state index contributed by atoms with van der Waals surface area (Å²) < 4.78 is 0. The minimum absolute atomic E-state index is 0.421. The summed E-state index contributed by atoms with van der Waals surface area (Å²) >= 11 is 0. The average molecular weight is 326 g/mol. The molecule has 25 heavy (non-hydrogen) atoms. The highest BCUT2D eigenvalue weighted by molar-refractivity contribution is 6.06. The molecule has 122 valence electrons. The van der Waals surface area contributed by atoms with Crippen molar-refractivity contribution in [3.8, 4) is 11.1 Å². The largest absolute Gasteiger partial charge is 0.366 e. The molecule has 3 aromatic carbocycles. The van der Waals surface area contributed by atoms with Crippen LogP contribution < -0.4 is 5.73 Å². The number of nitrogens with one attached hydrogen (secondary N) is 1. The number of benzene rings is 3. The second-order valence-corrected chi connectivity index (χ2v) is 6.19. The third kappa shape index (κ3) is 3.04. The van der Waals surface area contributed by atoms with E-state index in [-0.39, 0.29) is 0 Å². The summed E-state index contributed by atoms with van der Waals surface area (Å²) in [5, 5.41) is 0.986. The maximum absolute atomic E-state index is 11.8. The molecule has 4 rings (SSSR count). The van der Waals surface area contributed by atoms with Crippen LogP contribution in [0.5, 0.6) is 0 Å². The summed E-state index contributed by atoms with van der Waals surface area (Å²) in [6.45, 7) is 0. The average Bonchev–Trinajstić information content (AvgIpc) is 3.11. The van der Waals surface area contributed by atoms with Crippen LogP contribution in [0.1, 0.15) is 21.5 Å². The lowest BCUT2D eigenvalue weighted by Crippen LogP contribution is -2.11. The van der Waals surface area contributed by atoms with Crippen LogP contribution in [0.4, 0.5) is 0 Å². The molecule has 0 aliphatic rings. The van der Waals surface area contributed by atoms with Gasteiger partial charge in [0.1, 0.15) is 0 Å². The van der Waals surface area contributed by atoms with E-state index in [0.29, 0.717) is 5.56 Å². The van der Waals surface area contributed by atoms with Crippen molar-refractivity contribution in [2.75, 3.05) is 0 Å². The van der Waals surface area contributed by atoms with Crippen LogP contribution in [0.15, 0.2) is 79.0 Å². The maximum atomic E-state index is 11.8. The number of carbonyl (C=O) groups is 1. The first-order valence-electron chi connectivity index (χ1n) is 8.25. The summed E-state index contributed by atoms with van der Waals surface area (Å²) in [7, 11) is 0. The molecule has 0 saturated carbocycles. The lowest BCUT2D eigenvalue weighted by Gasteiger charge is -2.08. The molecule has 1 amide bonds. The topological polar surface area (TPSA) is 58.9 Å². The zero-order valence-electron chi connectivity index (χ0n) is 13.7. The molecule has 1 heterocycles. The molecule has 0 radical (unpaired) electrons. The van der Waals surface area contributed by atoms with Crippen LogP contribution >= 0.6 is 0 Å². The van der Waals surface area contributed by atoms with E-state index in [0.717, 1.165) is 28.5 Å². The van der Waals surface area contributed by atoms with Crippen molar-refractivity contribution < 1.29 is 4.79 Å². The number of H-pyrrole nitrogens is 1. The molecule has 3 heteroatoms. The Morgan fingerprint density at radius 1 is 0.840 bits per heavy atom. The van der Waals surface area contributed by atoms with Gasteiger partial charge in [-0.1, -0.05) is 54.6 Å². The van der Waals surface area contributed by atoms with Gasteiger partial charge in [0.05, 0.1) is 11.1 Å². The van der Waals surface area contributed by atoms with Gasteiger partial charge in [-0.3, -0.25) is 4.79 Å². The first-order valence-corrected chi connectivity index (χ1v) is 8.25. The molecule has 1 aromatic heterocycles. The number of hydrogen-bond acceptors (Lipinski definition) is 1. The Bertz CT molecular complexity index is 1030. The van der Waals surface area contributed by atoms with Crippen molar-refractivity contribution in [2.24, 2.45) is 5.73 Å². The van der Waals surface area contributed by atoms with Crippen molar-refractivity contribution in [1.82, 2.24) is 4.98 Å². The van der Waals surface area contributed by atoms with Gasteiger partial charge in [0.2, 0.25) is 0 Å². The van der Waals surface area contributed by atoms with E-state index >= 15 is 0 Å². The number of rotatable bonds is 4. The van der Waals surface area contributed by atoms with Crippen LogP contribution in [0.3, 0.4) is 0 Å². The van der Waals surface area contributed by atoms with Gasteiger partial charge in [-0.2, -0.15) is 0 Å². The van der Waals surface area contributed by atoms with Crippen LogP contribution in [-0.4, -0.2) is 10.9 Å². The third-order valence-electron chi connectivity index (χ3n) is 4.46. The number of aromatic amines is 1. The molecular weight excluding hydrogens is 308 g/mol. The summed E-state index contributed by atoms with van der Waals surface area (Å²) in [6, 6.07) is 24.7. The highest BCUT2D eigenvalue weighted by Gasteiger charge is 2.11. The fourth-order valence-corrected chi connectivity index (χ4v) is 3.18. The van der Waals surface area contributed by atoms with Crippen molar-refractivity contribution in [1.29, 1.82) is 0 Å². The van der Waals surface area contributed by atoms with E-state index in [1.165, 1.54) is 11.1 Å². The van der Waals surface area contributed by atoms with Gasteiger partial charge in [-0.25, -0.2) is 0 Å². The number of nitrogens with two attached hydrogens (primary N) is 1. The van der Waals surface area contributed by atoms with E-state index < -0.39 is 5.91 Å². The molecular formula is C22H18N2O. The molecule has 3 N–H and O–H groups in total. The highest BCUT2D eigenvalue weighted by Crippen LogP contribution is 2.27. The van der Waals surface area contributed by atoms with Crippen LogP contribution in [0.25, 0.3) is 22.0 Å². The zero-order chi connectivity index (χ0) is 17.2. The molecule has 3 nitrogen and oxygen atoms in total. The Hall–Kier alpha value is -3.33. The number of fused-ring (bicyclic) bond motifs is 1. The molecule has 0 spiro atoms. The smallest absolute Gasteiger partial charge is 0.250 e. The number of aromatic nitrogens is 1. The summed E-state index contributed by atoms with van der Waals surface area (Å²) in [5.41, 5.74) is 11.5. The SMILES string of the molecule is NC(=O)c1cc(-c2ccc(Cc3ccccc3)cc2)cc2cc[nH]c12. The van der Waals surface area contributed by atoms with Crippen molar-refractivity contribution in [2.45, 2.75) is 6.42 Å². The Morgan fingerprint density at radius 3 is 2.28 bits per heavy atom. The molecule has 0 saturated heterocycles. The second-order valence-electron chi connectivity index (χ2n) is 6.19. The molecule has 0 aliphatic carbocycles. The quantitative estimate of drug-likeness (QED) is 0.569. The third-order valence-corrected chi connectivity index (χ3v) is 4.46. The molecule has 0 atom stereocenters. The standard InChI is InChI=1S/C22H18N2O/c23-22(25)20-14-19(13-18-10-11-24-21(18)20)17-8-6-16(7-9-17)12-15-4-2-1-3-5-15/h1-11,13-14,24H,12H2,(H2,23,25). The molecule has 4 aromatic rings. The summed E-state index contributed by atoms with van der Waals surface area (Å²) in [4.78, 5) is 14.8. The van der Waals surface area contributed by atoms with E-state index in [2.05, 4.69) is 59.6 Å². The van der Waals surface area contributed by atoms with Crippen molar-refractivity contribution in [3.05, 3.63) is 95.7 Å². The lowest BCUT2D eigenvalue weighted by atomic mass is 9.97. The normalized spacial score (nSPS) is 10.9. The van der Waals surface area contributed by atoms with Crippen LogP contribution in [-0.2, 0) is 6.42 Å². The predicted octanol–water partition coefficient (Wildman–Crippen LogP) is 4.52. The van der Waals surface area contributed by atoms with E-state index in [1.807, 2.05) is 24.4 Å². The molecule has 0 fully saturated rings. The van der Waals surface area contributed by atoms with Gasteiger partial charge in [0.25, 0.3) is 5.91 Å². The first kappa shape index (κ1) is 15.2. The van der Waals surface area contributed by atoms with Gasteiger partial charge in [0, 0.05) is 11.6 Å². The minimum atomic E-state index is -0.421. The zero-order valence-corrected chi connectivity index (χ0v) is 13.7. The Morgan fingerprint density at radius 2 is 1.56 bits per heavy atom. The maximum Gasteiger partial charge on any atom is 0.250 e. The van der Waals surface area contributed by atoms with Crippen LogP contribution in [0, 0.1) is 0 Å². The highest BCUT2D eigenvalue weighted by atomic mass is 16.1. The van der Waals surface area contributed by atoms with Gasteiger partial charge < -0.3 is 10.7 Å². The van der Waals surface area contributed by atoms with Gasteiger partial charge in [-0.05, 0) is 46.9 Å². The van der Waals surface area contributed by atoms with E-state index in [4.69, 9.17) is 5.73 Å². The summed E-state index contributed by atoms with van der Waals surface area (Å²) in [6.07, 6.45) is 2.73. The molecule has 0 bridgehead atoms. The Balaban J connectivity index is 1.68. The first-order chi connectivity index (χ1) is 12.2. The Kier molecular flexibility index (Phi) is 3.82. The lowest BCUT2D eigenvalue weighted by molar-refractivity contribution is 0.100.